The Kier molecular flexibility index (Phi) is 10.0. The average molecular weight is 584 g/mol. The summed E-state index contributed by atoms with van der Waals surface area (Å²) < 4.78 is 22.0. The number of rotatable bonds is 10. The Hall–Kier alpha value is -3.20. The summed E-state index contributed by atoms with van der Waals surface area (Å²) in [4.78, 5) is 33.0. The van der Waals surface area contributed by atoms with Gasteiger partial charge >= 0.3 is 0 Å². The number of carbonyl (C=O) groups is 1. The second-order valence-corrected chi connectivity index (χ2v) is 11.3. The van der Waals surface area contributed by atoms with Crippen LogP contribution in [0.15, 0.2) is 34.0 Å². The summed E-state index contributed by atoms with van der Waals surface area (Å²) in [5.74, 6) is 0.225. The van der Waals surface area contributed by atoms with E-state index in [9.17, 15) is 19.2 Å². The molecule has 0 spiro atoms. The summed E-state index contributed by atoms with van der Waals surface area (Å²) in [7, 11) is 0. The molecule has 0 N–H and O–H groups in total. The van der Waals surface area contributed by atoms with Crippen LogP contribution in [0.5, 0.6) is 0 Å². The molecule has 2 aliphatic rings. The molecule has 4 rings (SSSR count). The van der Waals surface area contributed by atoms with Crippen molar-refractivity contribution in [1.82, 2.24) is 9.47 Å². The zero-order valence-electron chi connectivity index (χ0n) is 23.1. The monoisotopic (exact) mass is 583 g/mol. The second-order valence-electron chi connectivity index (χ2n) is 9.62. The van der Waals surface area contributed by atoms with Gasteiger partial charge in [-0.1, -0.05) is 43.0 Å². The minimum absolute atomic E-state index is 0.0700. The van der Waals surface area contributed by atoms with Gasteiger partial charge in [-0.05, 0) is 50.5 Å². The van der Waals surface area contributed by atoms with E-state index >= 15 is 0 Å². The van der Waals surface area contributed by atoms with E-state index in [0.29, 0.717) is 97.2 Å². The van der Waals surface area contributed by atoms with Gasteiger partial charge in [0.1, 0.15) is 27.6 Å². The molecular formula is C29H34FN5O3S2. The molecule has 2 aliphatic heterocycles. The highest BCUT2D eigenvalue weighted by atomic mass is 32.2. The molecule has 1 aromatic carbocycles. The number of piperazine rings is 1. The zero-order chi connectivity index (χ0) is 28.8. The predicted octanol–water partition coefficient (Wildman–Crippen LogP) is 4.53. The Morgan fingerprint density at radius 3 is 2.48 bits per heavy atom. The van der Waals surface area contributed by atoms with Crippen LogP contribution in [-0.4, -0.2) is 65.6 Å². The Morgan fingerprint density at radius 2 is 1.82 bits per heavy atom. The first-order valence-corrected chi connectivity index (χ1v) is 14.8. The van der Waals surface area contributed by atoms with Gasteiger partial charge in [0.2, 0.25) is 0 Å². The maximum atomic E-state index is 14.5. The van der Waals surface area contributed by atoms with Gasteiger partial charge in [0.15, 0.2) is 0 Å². The third kappa shape index (κ3) is 6.09. The summed E-state index contributed by atoms with van der Waals surface area (Å²) in [6.07, 6.45) is 3.14. The fraction of sp³-hybridized carbons (Fsp3) is 0.448. The number of pyridine rings is 1. The Morgan fingerprint density at radius 1 is 1.12 bits per heavy atom. The van der Waals surface area contributed by atoms with Gasteiger partial charge in [-0.15, -0.1) is 0 Å². The number of thioether (sulfide) groups is 1. The molecule has 2 saturated heterocycles. The van der Waals surface area contributed by atoms with Crippen LogP contribution in [0.2, 0.25) is 0 Å². The molecule has 1 aromatic heterocycles. The van der Waals surface area contributed by atoms with Gasteiger partial charge in [0, 0.05) is 58.0 Å². The van der Waals surface area contributed by atoms with Gasteiger partial charge in [-0.3, -0.25) is 19.1 Å². The van der Waals surface area contributed by atoms with Crippen LogP contribution in [0.1, 0.15) is 43.4 Å². The van der Waals surface area contributed by atoms with Gasteiger partial charge < -0.3 is 14.5 Å². The maximum absolute atomic E-state index is 14.5. The predicted molar refractivity (Wildman–Crippen MR) is 162 cm³/mol. The first-order valence-electron chi connectivity index (χ1n) is 13.6. The molecule has 2 fully saturated rings. The molecule has 8 nitrogen and oxygen atoms in total. The molecule has 0 unspecified atom stereocenters. The molecule has 212 valence electrons. The third-order valence-electron chi connectivity index (χ3n) is 7.09. The van der Waals surface area contributed by atoms with E-state index in [2.05, 4.69) is 11.0 Å². The van der Waals surface area contributed by atoms with Crippen molar-refractivity contribution in [2.45, 2.75) is 40.2 Å². The Bertz CT molecular complexity index is 1410. The lowest BCUT2D eigenvalue weighted by molar-refractivity contribution is -0.122. The van der Waals surface area contributed by atoms with Crippen LogP contribution in [0.25, 0.3) is 6.08 Å². The summed E-state index contributed by atoms with van der Waals surface area (Å²) in [6, 6.07) is 8.80. The number of hydrogen-bond acceptors (Lipinski definition) is 8. The largest absolute Gasteiger partial charge is 0.382 e. The van der Waals surface area contributed by atoms with Crippen LogP contribution in [0.3, 0.4) is 0 Å². The molecule has 11 heteroatoms. The number of anilines is 2. The third-order valence-corrected chi connectivity index (χ3v) is 8.47. The van der Waals surface area contributed by atoms with Crippen molar-refractivity contribution in [3.63, 3.8) is 0 Å². The van der Waals surface area contributed by atoms with Crippen LogP contribution >= 0.6 is 24.0 Å². The minimum atomic E-state index is -0.339. The van der Waals surface area contributed by atoms with Crippen molar-refractivity contribution in [1.29, 1.82) is 5.26 Å². The molecular weight excluding hydrogens is 549 g/mol. The minimum Gasteiger partial charge on any atom is -0.382 e. The zero-order valence-corrected chi connectivity index (χ0v) is 24.7. The van der Waals surface area contributed by atoms with Crippen molar-refractivity contribution < 1.29 is 13.9 Å². The van der Waals surface area contributed by atoms with E-state index in [1.54, 1.807) is 34.6 Å². The van der Waals surface area contributed by atoms with Gasteiger partial charge in [-0.2, -0.15) is 5.26 Å². The summed E-state index contributed by atoms with van der Waals surface area (Å²) in [5.41, 5.74) is 1.48. The topological polar surface area (TPSA) is 81.8 Å². The molecule has 40 heavy (non-hydrogen) atoms. The summed E-state index contributed by atoms with van der Waals surface area (Å²) >= 11 is 6.75. The number of thiocarbonyl (C=S) groups is 1. The van der Waals surface area contributed by atoms with Crippen LogP contribution in [-0.2, 0) is 16.1 Å². The van der Waals surface area contributed by atoms with Crippen molar-refractivity contribution in [3.05, 3.63) is 62.0 Å². The number of nitrogens with zero attached hydrogens (tertiary/aromatic N) is 5. The highest BCUT2D eigenvalue weighted by molar-refractivity contribution is 8.26. The number of ether oxygens (including phenoxy) is 1. The van der Waals surface area contributed by atoms with Crippen molar-refractivity contribution in [2.24, 2.45) is 0 Å². The van der Waals surface area contributed by atoms with Crippen molar-refractivity contribution in [2.75, 3.05) is 55.7 Å². The molecule has 0 bridgehead atoms. The van der Waals surface area contributed by atoms with Gasteiger partial charge in [-0.25, -0.2) is 4.39 Å². The van der Waals surface area contributed by atoms with E-state index in [0.717, 1.165) is 0 Å². The lowest BCUT2D eigenvalue weighted by atomic mass is 10.0. The number of aromatic nitrogens is 1. The lowest BCUT2D eigenvalue weighted by Crippen LogP contribution is -2.49. The Balaban J connectivity index is 1.72. The summed E-state index contributed by atoms with van der Waals surface area (Å²) in [5, 5.41) is 9.89. The fourth-order valence-corrected chi connectivity index (χ4v) is 6.37. The molecule has 0 radical (unpaired) electrons. The number of para-hydroxylation sites is 1. The smallest absolute Gasteiger partial charge is 0.270 e. The number of amides is 1. The van der Waals surface area contributed by atoms with E-state index < -0.39 is 0 Å². The fourth-order valence-electron chi connectivity index (χ4n) is 5.08. The average Bonchev–Trinajstić information content (AvgIpc) is 3.22. The number of halogens is 1. The van der Waals surface area contributed by atoms with E-state index in [4.69, 9.17) is 17.0 Å². The summed E-state index contributed by atoms with van der Waals surface area (Å²) in [6.45, 7) is 9.91. The van der Waals surface area contributed by atoms with Crippen LogP contribution in [0, 0.1) is 24.1 Å². The molecule has 0 aliphatic carbocycles. The number of hydrogen-bond donors (Lipinski definition) is 0. The normalized spacial score (nSPS) is 16.8. The molecule has 3 heterocycles. The number of benzene rings is 1. The maximum Gasteiger partial charge on any atom is 0.270 e. The molecule has 0 atom stereocenters. The molecule has 2 aromatic rings. The van der Waals surface area contributed by atoms with Gasteiger partial charge in [0.25, 0.3) is 11.5 Å². The van der Waals surface area contributed by atoms with E-state index in [1.165, 1.54) is 17.8 Å². The first kappa shape index (κ1) is 29.8. The van der Waals surface area contributed by atoms with Crippen LogP contribution in [0.4, 0.5) is 15.9 Å². The SMILES string of the molecule is CCCn1c(N2CCN(c3ccccc3F)CC2)c(C=C2SC(=S)N(CCCOCC)C2=O)c(C)c(C#N)c1=O. The molecule has 1 amide bonds. The number of nitriles is 1. The lowest BCUT2D eigenvalue weighted by Gasteiger charge is -2.39. The van der Waals surface area contributed by atoms with Crippen molar-refractivity contribution >= 4 is 51.8 Å². The number of carbonyl (C=O) groups excluding carboxylic acids is 1. The highest BCUT2D eigenvalue weighted by Gasteiger charge is 2.33. The second kappa shape index (κ2) is 13.4. The van der Waals surface area contributed by atoms with E-state index in [1.807, 2.05) is 24.8 Å². The van der Waals surface area contributed by atoms with Crippen molar-refractivity contribution in [3.8, 4) is 6.07 Å². The van der Waals surface area contributed by atoms with Crippen LogP contribution < -0.4 is 15.4 Å². The molecule has 0 saturated carbocycles. The van der Waals surface area contributed by atoms with Gasteiger partial charge in [0.05, 0.1) is 10.6 Å². The quantitative estimate of drug-likeness (QED) is 0.229. The highest BCUT2D eigenvalue weighted by Crippen LogP contribution is 2.36. The Labute approximate surface area is 244 Å². The standard InChI is InChI=1S/C29H34FN5O3S2/c1-4-11-34-26(33-15-13-32(14-16-33)24-10-7-6-9-23(24)30)21(20(3)22(19-31)27(34)36)18-25-28(37)35(29(39)40-25)12-8-17-38-5-2/h6-7,9-10,18H,4-5,8,11-17H2,1-3H3. The first-order chi connectivity index (χ1) is 19.3. The van der Waals surface area contributed by atoms with E-state index in [-0.39, 0.29) is 22.8 Å².